The molecule has 5 nitrogen and oxygen atoms in total. The van der Waals surface area contributed by atoms with Crippen molar-refractivity contribution >= 4 is 23.2 Å². The number of rotatable bonds is 2. The Bertz CT molecular complexity index is 514. The van der Waals surface area contributed by atoms with E-state index in [0.717, 1.165) is 0 Å². The Labute approximate surface area is 94.7 Å². The van der Waals surface area contributed by atoms with Gasteiger partial charge in [-0.15, -0.1) is 0 Å². The van der Waals surface area contributed by atoms with Gasteiger partial charge in [-0.05, 0) is 12.1 Å². The fraction of sp³-hybridized carbons (Fsp3) is 0. The van der Waals surface area contributed by atoms with Gasteiger partial charge in [0.15, 0.2) is 5.82 Å². The van der Waals surface area contributed by atoms with Crippen molar-refractivity contribution in [2.75, 3.05) is 5.32 Å². The molecule has 0 radical (unpaired) electrons. The maximum Gasteiger partial charge on any atom is 0.293 e. The van der Waals surface area contributed by atoms with Crippen LogP contribution >= 0.6 is 11.6 Å². The minimum Gasteiger partial charge on any atom is -0.317 e. The number of hydrogen-bond donors (Lipinski definition) is 2. The van der Waals surface area contributed by atoms with Gasteiger partial charge in [0.25, 0.3) is 5.91 Å². The number of nitrogens with one attached hydrogen (secondary N) is 2. The number of benzene rings is 1. The Kier molecular flexibility index (Phi) is 2.82. The second-order valence-electron chi connectivity index (χ2n) is 2.89. The Morgan fingerprint density at radius 3 is 3.00 bits per heavy atom. The van der Waals surface area contributed by atoms with Crippen LogP contribution < -0.4 is 5.32 Å². The summed E-state index contributed by atoms with van der Waals surface area (Å²) in [4.78, 5) is 15.1. The molecule has 7 heteroatoms. The van der Waals surface area contributed by atoms with E-state index in [1.165, 1.54) is 24.5 Å². The van der Waals surface area contributed by atoms with E-state index in [1.54, 1.807) is 0 Å². The first kappa shape index (κ1) is 10.6. The van der Waals surface area contributed by atoms with Crippen molar-refractivity contribution in [2.24, 2.45) is 0 Å². The van der Waals surface area contributed by atoms with Crippen LogP contribution in [0, 0.1) is 5.82 Å². The first-order valence-electron chi connectivity index (χ1n) is 4.29. The van der Waals surface area contributed by atoms with Crippen molar-refractivity contribution in [3.8, 4) is 0 Å². The number of amides is 1. The molecule has 82 valence electrons. The highest BCUT2D eigenvalue weighted by atomic mass is 35.5. The van der Waals surface area contributed by atoms with E-state index < -0.39 is 11.7 Å². The van der Waals surface area contributed by atoms with Gasteiger partial charge in [-0.2, -0.15) is 5.10 Å². The number of carbonyl (C=O) groups excluding carboxylic acids is 1. The largest absolute Gasteiger partial charge is 0.317 e. The van der Waals surface area contributed by atoms with Crippen molar-refractivity contribution in [2.45, 2.75) is 0 Å². The zero-order chi connectivity index (χ0) is 11.5. The quantitative estimate of drug-likeness (QED) is 0.842. The normalized spacial score (nSPS) is 10.1. The highest BCUT2D eigenvalue weighted by molar-refractivity contribution is 6.31. The summed E-state index contributed by atoms with van der Waals surface area (Å²) < 4.78 is 13.4. The molecule has 0 fully saturated rings. The van der Waals surface area contributed by atoms with Gasteiger partial charge in [0.1, 0.15) is 6.33 Å². The van der Waals surface area contributed by atoms with Crippen LogP contribution in [-0.4, -0.2) is 21.1 Å². The minimum atomic E-state index is -0.683. The van der Waals surface area contributed by atoms with Gasteiger partial charge in [0.2, 0.25) is 5.82 Å². The van der Waals surface area contributed by atoms with Crippen LogP contribution in [0.5, 0.6) is 0 Å². The molecule has 1 aromatic carbocycles. The van der Waals surface area contributed by atoms with Gasteiger partial charge in [-0.1, -0.05) is 17.7 Å². The Balaban J connectivity index is 2.22. The fourth-order valence-corrected chi connectivity index (χ4v) is 1.27. The summed E-state index contributed by atoms with van der Waals surface area (Å²) in [5.41, 5.74) is -0.00565. The van der Waals surface area contributed by atoms with E-state index >= 15 is 0 Å². The van der Waals surface area contributed by atoms with Crippen LogP contribution in [0.25, 0.3) is 0 Å². The molecule has 0 saturated carbocycles. The molecule has 1 heterocycles. The summed E-state index contributed by atoms with van der Waals surface area (Å²) in [6.07, 6.45) is 1.18. The summed E-state index contributed by atoms with van der Waals surface area (Å²) >= 11 is 5.56. The first-order valence-corrected chi connectivity index (χ1v) is 4.67. The molecule has 0 saturated heterocycles. The lowest BCUT2D eigenvalue weighted by Crippen LogP contribution is -2.14. The Morgan fingerprint density at radius 2 is 2.31 bits per heavy atom. The number of nitrogens with zero attached hydrogens (tertiary/aromatic N) is 2. The Morgan fingerprint density at radius 1 is 1.50 bits per heavy atom. The van der Waals surface area contributed by atoms with Gasteiger partial charge < -0.3 is 5.32 Å². The van der Waals surface area contributed by atoms with E-state index in [1.807, 2.05) is 0 Å². The topological polar surface area (TPSA) is 70.7 Å². The SMILES string of the molecule is O=C(Nc1cccc(Cl)c1F)c1ncn[nH]1. The lowest BCUT2D eigenvalue weighted by atomic mass is 10.3. The van der Waals surface area contributed by atoms with Crippen molar-refractivity contribution in [1.82, 2.24) is 15.2 Å². The molecular weight excluding hydrogens is 235 g/mol. The number of anilines is 1. The molecule has 0 aliphatic heterocycles. The van der Waals surface area contributed by atoms with Gasteiger partial charge in [-0.3, -0.25) is 9.89 Å². The third-order valence-corrected chi connectivity index (χ3v) is 2.12. The lowest BCUT2D eigenvalue weighted by molar-refractivity contribution is 0.101. The van der Waals surface area contributed by atoms with Crippen LogP contribution in [0.15, 0.2) is 24.5 Å². The molecule has 2 N–H and O–H groups in total. The summed E-state index contributed by atoms with van der Waals surface area (Å²) in [6.45, 7) is 0. The number of carbonyl (C=O) groups is 1. The number of H-pyrrole nitrogens is 1. The predicted octanol–water partition coefficient (Wildman–Crippen LogP) is 1.85. The maximum atomic E-state index is 13.4. The van der Waals surface area contributed by atoms with E-state index in [9.17, 15) is 9.18 Å². The van der Waals surface area contributed by atoms with Crippen LogP contribution in [-0.2, 0) is 0 Å². The van der Waals surface area contributed by atoms with Crippen LogP contribution in [0.4, 0.5) is 10.1 Å². The molecule has 0 aliphatic carbocycles. The molecule has 0 atom stereocenters. The second kappa shape index (κ2) is 4.28. The zero-order valence-electron chi connectivity index (χ0n) is 7.87. The lowest BCUT2D eigenvalue weighted by Gasteiger charge is -2.04. The third kappa shape index (κ3) is 2.01. The number of hydrogen-bond acceptors (Lipinski definition) is 3. The monoisotopic (exact) mass is 240 g/mol. The summed E-state index contributed by atoms with van der Waals surface area (Å²) in [6, 6.07) is 4.32. The van der Waals surface area contributed by atoms with Crippen molar-refractivity contribution < 1.29 is 9.18 Å². The van der Waals surface area contributed by atoms with Crippen molar-refractivity contribution in [1.29, 1.82) is 0 Å². The molecule has 2 rings (SSSR count). The summed E-state index contributed by atoms with van der Waals surface area (Å²) in [5.74, 6) is -1.27. The summed E-state index contributed by atoms with van der Waals surface area (Å²) in [5, 5.41) is 8.13. The molecule has 16 heavy (non-hydrogen) atoms. The fourth-order valence-electron chi connectivity index (χ4n) is 1.10. The van der Waals surface area contributed by atoms with E-state index in [2.05, 4.69) is 20.5 Å². The predicted molar refractivity (Wildman–Crippen MR) is 55.7 cm³/mol. The minimum absolute atomic E-state index is 0.000578. The van der Waals surface area contributed by atoms with Crippen LogP contribution in [0.2, 0.25) is 5.02 Å². The van der Waals surface area contributed by atoms with Crippen molar-refractivity contribution in [3.63, 3.8) is 0 Å². The standard InChI is InChI=1S/C9H6ClFN4O/c10-5-2-1-3-6(7(5)11)14-9(16)8-12-4-13-15-8/h1-4H,(H,14,16)(H,12,13,15). The molecule has 1 amide bonds. The van der Waals surface area contributed by atoms with E-state index in [4.69, 9.17) is 11.6 Å². The zero-order valence-corrected chi connectivity index (χ0v) is 8.62. The van der Waals surface area contributed by atoms with Gasteiger partial charge in [0, 0.05) is 0 Å². The molecule has 0 spiro atoms. The molecule has 2 aromatic rings. The second-order valence-corrected chi connectivity index (χ2v) is 3.30. The molecular formula is C9H6ClFN4O. The number of aromatic nitrogens is 3. The Hall–Kier alpha value is -1.95. The van der Waals surface area contributed by atoms with E-state index in [0.29, 0.717) is 0 Å². The van der Waals surface area contributed by atoms with E-state index in [-0.39, 0.29) is 16.5 Å². The van der Waals surface area contributed by atoms with Crippen LogP contribution in [0.3, 0.4) is 0 Å². The molecule has 0 unspecified atom stereocenters. The summed E-state index contributed by atoms with van der Waals surface area (Å²) in [7, 11) is 0. The maximum absolute atomic E-state index is 13.4. The molecule has 0 bridgehead atoms. The molecule has 0 aliphatic rings. The van der Waals surface area contributed by atoms with Gasteiger partial charge in [-0.25, -0.2) is 9.37 Å². The smallest absolute Gasteiger partial charge is 0.293 e. The molecule has 1 aromatic heterocycles. The highest BCUT2D eigenvalue weighted by Gasteiger charge is 2.12. The first-order chi connectivity index (χ1) is 7.68. The van der Waals surface area contributed by atoms with Crippen molar-refractivity contribution in [3.05, 3.63) is 41.2 Å². The number of halogens is 2. The third-order valence-electron chi connectivity index (χ3n) is 1.83. The van der Waals surface area contributed by atoms with Gasteiger partial charge >= 0.3 is 0 Å². The van der Waals surface area contributed by atoms with Gasteiger partial charge in [0.05, 0.1) is 10.7 Å². The number of aromatic amines is 1. The average Bonchev–Trinajstić information content (AvgIpc) is 2.78. The highest BCUT2D eigenvalue weighted by Crippen LogP contribution is 2.22. The van der Waals surface area contributed by atoms with Crippen LogP contribution in [0.1, 0.15) is 10.6 Å². The average molecular weight is 241 g/mol.